The van der Waals surface area contributed by atoms with Gasteiger partial charge in [0.15, 0.2) is 0 Å². The van der Waals surface area contributed by atoms with Gasteiger partial charge in [-0.25, -0.2) is 9.97 Å². The Hall–Kier alpha value is -2.17. The van der Waals surface area contributed by atoms with Gasteiger partial charge in [-0.2, -0.15) is 0 Å². The second kappa shape index (κ2) is 5.68. The van der Waals surface area contributed by atoms with E-state index in [4.69, 9.17) is 4.98 Å². The Bertz CT molecular complexity index is 649. The summed E-state index contributed by atoms with van der Waals surface area (Å²) in [6.45, 7) is 4.54. The molecule has 21 heavy (non-hydrogen) atoms. The summed E-state index contributed by atoms with van der Waals surface area (Å²) in [6, 6.07) is 6.11. The number of imidazole rings is 1. The zero-order valence-electron chi connectivity index (χ0n) is 12.5. The van der Waals surface area contributed by atoms with Crippen molar-refractivity contribution in [3.05, 3.63) is 42.1 Å². The second-order valence-electron chi connectivity index (χ2n) is 5.36. The molecule has 5 heteroatoms. The molecule has 3 rings (SSSR count). The molecule has 110 valence electrons. The maximum Gasteiger partial charge on any atom is 0.220 e. The van der Waals surface area contributed by atoms with E-state index in [1.165, 1.54) is 0 Å². The average molecular weight is 284 g/mol. The van der Waals surface area contributed by atoms with Gasteiger partial charge in [-0.1, -0.05) is 13.0 Å². The lowest BCUT2D eigenvalue weighted by Gasteiger charge is -2.23. The van der Waals surface area contributed by atoms with Gasteiger partial charge in [0, 0.05) is 32.3 Å². The molecule has 0 spiro atoms. The predicted molar refractivity (Wildman–Crippen MR) is 80.1 cm³/mol. The number of aromatic nitrogens is 3. The number of pyridine rings is 1. The van der Waals surface area contributed by atoms with Crippen molar-refractivity contribution in [1.29, 1.82) is 0 Å². The van der Waals surface area contributed by atoms with Crippen molar-refractivity contribution in [2.75, 3.05) is 6.54 Å². The average Bonchev–Trinajstić information content (AvgIpc) is 3.16. The number of hydrogen-bond acceptors (Lipinski definition) is 3. The number of amides is 1. The fourth-order valence-corrected chi connectivity index (χ4v) is 3.01. The summed E-state index contributed by atoms with van der Waals surface area (Å²) in [4.78, 5) is 22.8. The molecule has 0 bridgehead atoms. The lowest BCUT2D eigenvalue weighted by atomic mass is 10.1. The van der Waals surface area contributed by atoms with Crippen molar-refractivity contribution >= 4 is 5.91 Å². The van der Waals surface area contributed by atoms with Gasteiger partial charge < -0.3 is 4.90 Å². The van der Waals surface area contributed by atoms with Gasteiger partial charge in [-0.3, -0.25) is 9.36 Å². The van der Waals surface area contributed by atoms with E-state index in [0.29, 0.717) is 0 Å². The first-order valence-electron chi connectivity index (χ1n) is 7.47. The van der Waals surface area contributed by atoms with Gasteiger partial charge in [-0.15, -0.1) is 0 Å². The van der Waals surface area contributed by atoms with Crippen LogP contribution in [0.3, 0.4) is 0 Å². The molecule has 0 N–H and O–H groups in total. The summed E-state index contributed by atoms with van der Waals surface area (Å²) >= 11 is 0. The second-order valence-corrected chi connectivity index (χ2v) is 5.36. The molecule has 0 radical (unpaired) electrons. The number of carbonyl (C=O) groups excluding carboxylic acids is 1. The molecule has 1 atom stereocenters. The van der Waals surface area contributed by atoms with E-state index in [9.17, 15) is 4.79 Å². The van der Waals surface area contributed by atoms with Crippen molar-refractivity contribution in [2.24, 2.45) is 0 Å². The van der Waals surface area contributed by atoms with Crippen LogP contribution in [0.4, 0.5) is 0 Å². The molecule has 1 saturated heterocycles. The fraction of sp³-hybridized carbons (Fsp3) is 0.438. The van der Waals surface area contributed by atoms with Crippen LogP contribution in [0.25, 0.3) is 5.82 Å². The molecule has 0 saturated carbocycles. The third kappa shape index (κ3) is 2.55. The highest BCUT2D eigenvalue weighted by Gasteiger charge is 2.29. The van der Waals surface area contributed by atoms with Crippen LogP contribution < -0.4 is 0 Å². The standard InChI is InChI=1S/C16H20N4O/c1-3-15-17-9-11-20(15)16-8-4-6-13(18-16)14-7-5-10-19(14)12(2)21/h4,6,8-9,11,14H,3,5,7,10H2,1-2H3/t14-/m1/s1. The first-order valence-corrected chi connectivity index (χ1v) is 7.47. The molecular formula is C16H20N4O. The maximum absolute atomic E-state index is 11.7. The minimum Gasteiger partial charge on any atom is -0.334 e. The fourth-order valence-electron chi connectivity index (χ4n) is 3.01. The Labute approximate surface area is 124 Å². The van der Waals surface area contributed by atoms with E-state index in [-0.39, 0.29) is 11.9 Å². The van der Waals surface area contributed by atoms with Crippen LogP contribution in [0.15, 0.2) is 30.6 Å². The molecule has 1 fully saturated rings. The van der Waals surface area contributed by atoms with Gasteiger partial charge in [0.1, 0.15) is 11.6 Å². The van der Waals surface area contributed by atoms with Crippen LogP contribution in [0.1, 0.15) is 44.2 Å². The van der Waals surface area contributed by atoms with Crippen LogP contribution in [0.5, 0.6) is 0 Å². The van der Waals surface area contributed by atoms with Crippen molar-refractivity contribution in [3.8, 4) is 5.82 Å². The number of likely N-dealkylation sites (tertiary alicyclic amines) is 1. The Kier molecular flexibility index (Phi) is 3.73. The first kappa shape index (κ1) is 13.8. The monoisotopic (exact) mass is 284 g/mol. The normalized spacial score (nSPS) is 18.2. The summed E-state index contributed by atoms with van der Waals surface area (Å²) in [6.07, 6.45) is 6.62. The molecule has 1 aliphatic rings. The van der Waals surface area contributed by atoms with E-state index >= 15 is 0 Å². The molecule has 0 aromatic carbocycles. The van der Waals surface area contributed by atoms with E-state index in [1.807, 2.05) is 33.9 Å². The molecule has 3 heterocycles. The number of rotatable bonds is 3. The molecule has 1 aliphatic heterocycles. The Morgan fingerprint density at radius 1 is 1.43 bits per heavy atom. The molecule has 2 aromatic heterocycles. The van der Waals surface area contributed by atoms with E-state index < -0.39 is 0 Å². The van der Waals surface area contributed by atoms with Crippen molar-refractivity contribution < 1.29 is 4.79 Å². The molecule has 1 amide bonds. The van der Waals surface area contributed by atoms with Gasteiger partial charge in [0.05, 0.1) is 11.7 Å². The minimum atomic E-state index is 0.107. The van der Waals surface area contributed by atoms with Crippen molar-refractivity contribution in [1.82, 2.24) is 19.4 Å². The first-order chi connectivity index (χ1) is 10.2. The summed E-state index contributed by atoms with van der Waals surface area (Å²) < 4.78 is 2.01. The molecular weight excluding hydrogens is 264 g/mol. The summed E-state index contributed by atoms with van der Waals surface area (Å²) in [5.41, 5.74) is 0.968. The van der Waals surface area contributed by atoms with Gasteiger partial charge in [-0.05, 0) is 25.0 Å². The zero-order valence-corrected chi connectivity index (χ0v) is 12.5. The highest BCUT2D eigenvalue weighted by Crippen LogP contribution is 2.31. The van der Waals surface area contributed by atoms with Crippen LogP contribution in [0, 0.1) is 0 Å². The highest BCUT2D eigenvalue weighted by atomic mass is 16.2. The van der Waals surface area contributed by atoms with E-state index in [2.05, 4.69) is 11.9 Å². The third-order valence-corrected chi connectivity index (χ3v) is 4.04. The molecule has 5 nitrogen and oxygen atoms in total. The van der Waals surface area contributed by atoms with Gasteiger partial charge >= 0.3 is 0 Å². The van der Waals surface area contributed by atoms with Gasteiger partial charge in [0.2, 0.25) is 5.91 Å². The quantitative estimate of drug-likeness (QED) is 0.870. The lowest BCUT2D eigenvalue weighted by molar-refractivity contribution is -0.129. The van der Waals surface area contributed by atoms with Crippen LogP contribution in [0.2, 0.25) is 0 Å². The summed E-state index contributed by atoms with van der Waals surface area (Å²) in [7, 11) is 0. The molecule has 2 aromatic rings. The largest absolute Gasteiger partial charge is 0.334 e. The highest BCUT2D eigenvalue weighted by molar-refractivity contribution is 5.74. The topological polar surface area (TPSA) is 51.0 Å². The number of carbonyl (C=O) groups is 1. The summed E-state index contributed by atoms with van der Waals surface area (Å²) in [5.74, 6) is 1.99. The van der Waals surface area contributed by atoms with Crippen LogP contribution in [-0.4, -0.2) is 31.9 Å². The van der Waals surface area contributed by atoms with E-state index in [1.54, 1.807) is 13.1 Å². The number of aryl methyl sites for hydroxylation is 1. The number of hydrogen-bond donors (Lipinski definition) is 0. The van der Waals surface area contributed by atoms with E-state index in [0.717, 1.165) is 43.1 Å². The zero-order chi connectivity index (χ0) is 14.8. The molecule has 0 unspecified atom stereocenters. The molecule has 0 aliphatic carbocycles. The minimum absolute atomic E-state index is 0.107. The van der Waals surface area contributed by atoms with Crippen molar-refractivity contribution in [2.45, 2.75) is 39.2 Å². The smallest absolute Gasteiger partial charge is 0.220 e. The lowest BCUT2D eigenvalue weighted by Crippen LogP contribution is -2.28. The Morgan fingerprint density at radius 2 is 2.29 bits per heavy atom. The Balaban J connectivity index is 1.95. The number of nitrogens with zero attached hydrogens (tertiary/aromatic N) is 4. The third-order valence-electron chi connectivity index (χ3n) is 4.04. The van der Waals surface area contributed by atoms with Crippen LogP contribution >= 0.6 is 0 Å². The Morgan fingerprint density at radius 3 is 3.05 bits per heavy atom. The SMILES string of the molecule is CCc1nccn1-c1cccc([C@H]2CCCN2C(C)=O)n1. The van der Waals surface area contributed by atoms with Crippen molar-refractivity contribution in [3.63, 3.8) is 0 Å². The van der Waals surface area contributed by atoms with Gasteiger partial charge in [0.25, 0.3) is 0 Å². The van der Waals surface area contributed by atoms with Crippen LogP contribution in [-0.2, 0) is 11.2 Å². The summed E-state index contributed by atoms with van der Waals surface area (Å²) in [5, 5.41) is 0. The maximum atomic E-state index is 11.7. The predicted octanol–water partition coefficient (Wildman–Crippen LogP) is 2.51.